The highest BCUT2D eigenvalue weighted by Gasteiger charge is 2.30. The molecule has 0 aliphatic heterocycles. The monoisotopic (exact) mass is 464 g/mol. The van der Waals surface area contributed by atoms with E-state index < -0.39 is 11.6 Å². The zero-order valence-corrected chi connectivity index (χ0v) is 20.0. The summed E-state index contributed by atoms with van der Waals surface area (Å²) in [7, 11) is 0. The predicted molar refractivity (Wildman–Crippen MR) is 127 cm³/mol. The highest BCUT2D eigenvalue weighted by Crippen LogP contribution is 2.19. The normalized spacial score (nSPS) is 12.3. The first-order valence-electron chi connectivity index (χ1n) is 10.3. The molecule has 2 aromatic carbocycles. The van der Waals surface area contributed by atoms with Crippen LogP contribution in [0.4, 0.5) is 4.39 Å². The maximum atomic E-state index is 13.2. The number of hydrogen-bond donors (Lipinski definition) is 1. The number of benzene rings is 2. The number of rotatable bonds is 9. The molecular formula is C24H30ClFN2O2S. The van der Waals surface area contributed by atoms with E-state index in [9.17, 15) is 14.0 Å². The predicted octanol–water partition coefficient (Wildman–Crippen LogP) is 5.43. The average Bonchev–Trinajstić information content (AvgIpc) is 2.69. The number of amides is 2. The van der Waals surface area contributed by atoms with Crippen LogP contribution >= 0.6 is 23.4 Å². The Bertz CT molecular complexity index is 867. The number of carbonyl (C=O) groups excluding carboxylic acids is 2. The van der Waals surface area contributed by atoms with Gasteiger partial charge in [0, 0.05) is 22.9 Å². The minimum atomic E-state index is -0.575. The summed E-state index contributed by atoms with van der Waals surface area (Å²) in [6.07, 6.45) is 0.504. The Balaban J connectivity index is 2.14. The Morgan fingerprint density at radius 3 is 2.19 bits per heavy atom. The van der Waals surface area contributed by atoms with E-state index in [0.29, 0.717) is 23.7 Å². The first-order chi connectivity index (χ1) is 14.6. The van der Waals surface area contributed by atoms with Gasteiger partial charge in [-0.05, 0) is 62.6 Å². The van der Waals surface area contributed by atoms with Gasteiger partial charge in [0.15, 0.2) is 0 Å². The Hall–Kier alpha value is -2.05. The first-order valence-corrected chi connectivity index (χ1v) is 11.8. The Labute approximate surface area is 193 Å². The van der Waals surface area contributed by atoms with Crippen molar-refractivity contribution in [1.82, 2.24) is 10.2 Å². The van der Waals surface area contributed by atoms with Crippen molar-refractivity contribution in [2.45, 2.75) is 58.0 Å². The van der Waals surface area contributed by atoms with Gasteiger partial charge in [0.1, 0.15) is 11.9 Å². The second kappa shape index (κ2) is 11.5. The van der Waals surface area contributed by atoms with Crippen LogP contribution in [0.2, 0.25) is 5.02 Å². The zero-order valence-electron chi connectivity index (χ0n) is 18.5. The first kappa shape index (κ1) is 25.2. The number of nitrogens with one attached hydrogen (secondary N) is 1. The van der Waals surface area contributed by atoms with E-state index in [0.717, 1.165) is 11.1 Å². The molecule has 7 heteroatoms. The van der Waals surface area contributed by atoms with E-state index in [2.05, 4.69) is 5.32 Å². The molecule has 4 nitrogen and oxygen atoms in total. The molecule has 0 fully saturated rings. The van der Waals surface area contributed by atoms with Crippen molar-refractivity contribution < 1.29 is 14.0 Å². The smallest absolute Gasteiger partial charge is 0.243 e. The summed E-state index contributed by atoms with van der Waals surface area (Å²) < 4.78 is 13.1. The van der Waals surface area contributed by atoms with Crippen molar-refractivity contribution in [3.05, 3.63) is 70.5 Å². The van der Waals surface area contributed by atoms with Gasteiger partial charge < -0.3 is 10.2 Å². The van der Waals surface area contributed by atoms with Crippen LogP contribution in [0, 0.1) is 5.82 Å². The lowest BCUT2D eigenvalue weighted by molar-refractivity contribution is -0.140. The molecule has 31 heavy (non-hydrogen) atoms. The average molecular weight is 465 g/mol. The molecule has 0 bridgehead atoms. The molecule has 0 aromatic heterocycles. The van der Waals surface area contributed by atoms with Gasteiger partial charge in [-0.1, -0.05) is 42.8 Å². The van der Waals surface area contributed by atoms with Gasteiger partial charge in [-0.3, -0.25) is 9.59 Å². The van der Waals surface area contributed by atoms with E-state index in [4.69, 9.17) is 11.6 Å². The van der Waals surface area contributed by atoms with E-state index in [1.54, 1.807) is 29.2 Å². The molecular weight excluding hydrogens is 435 g/mol. The minimum Gasteiger partial charge on any atom is -0.350 e. The fraction of sp³-hybridized carbons (Fsp3) is 0.417. The fourth-order valence-corrected chi connectivity index (χ4v) is 4.08. The SMILES string of the molecule is CCC(C(=O)NC(C)(C)C)N(Cc1ccc(Cl)cc1)C(=O)CSCc1ccc(F)cc1. The minimum absolute atomic E-state index is 0.113. The second-order valence-corrected chi connectivity index (χ2v) is 9.85. The van der Waals surface area contributed by atoms with E-state index in [-0.39, 0.29) is 23.4 Å². The molecule has 2 rings (SSSR count). The Morgan fingerprint density at radius 1 is 1.06 bits per heavy atom. The van der Waals surface area contributed by atoms with Crippen molar-refractivity contribution in [1.29, 1.82) is 0 Å². The number of carbonyl (C=O) groups is 2. The molecule has 2 amide bonds. The van der Waals surface area contributed by atoms with Gasteiger partial charge >= 0.3 is 0 Å². The summed E-state index contributed by atoms with van der Waals surface area (Å²) in [5.41, 5.74) is 1.46. The van der Waals surface area contributed by atoms with Crippen LogP contribution in [0.15, 0.2) is 48.5 Å². The van der Waals surface area contributed by atoms with Crippen molar-refractivity contribution in [2.24, 2.45) is 0 Å². The van der Waals surface area contributed by atoms with Gasteiger partial charge in [0.25, 0.3) is 0 Å². The maximum absolute atomic E-state index is 13.2. The molecule has 0 aliphatic rings. The zero-order chi connectivity index (χ0) is 23.0. The quantitative estimate of drug-likeness (QED) is 0.538. The van der Waals surface area contributed by atoms with Crippen LogP contribution < -0.4 is 5.32 Å². The standard InChI is InChI=1S/C24H30ClFN2O2S/c1-5-21(23(30)27-24(2,3)4)28(14-17-6-10-19(25)11-7-17)22(29)16-31-15-18-8-12-20(26)13-9-18/h6-13,21H,5,14-16H2,1-4H3,(H,27,30). The van der Waals surface area contributed by atoms with Crippen molar-refractivity contribution in [3.63, 3.8) is 0 Å². The number of hydrogen-bond acceptors (Lipinski definition) is 3. The largest absolute Gasteiger partial charge is 0.350 e. The van der Waals surface area contributed by atoms with Crippen molar-refractivity contribution >= 4 is 35.2 Å². The van der Waals surface area contributed by atoms with Gasteiger partial charge in [0.05, 0.1) is 5.75 Å². The summed E-state index contributed by atoms with van der Waals surface area (Å²) in [5.74, 6) is 0.254. The van der Waals surface area contributed by atoms with E-state index in [1.807, 2.05) is 39.8 Å². The fourth-order valence-electron chi connectivity index (χ4n) is 3.08. The third-order valence-electron chi connectivity index (χ3n) is 4.56. The Morgan fingerprint density at radius 2 is 1.65 bits per heavy atom. The maximum Gasteiger partial charge on any atom is 0.243 e. The van der Waals surface area contributed by atoms with Crippen LogP contribution in [-0.4, -0.2) is 34.0 Å². The number of nitrogens with zero attached hydrogens (tertiary/aromatic N) is 1. The highest BCUT2D eigenvalue weighted by atomic mass is 35.5. The second-order valence-electron chi connectivity index (χ2n) is 8.43. The van der Waals surface area contributed by atoms with Crippen molar-refractivity contribution in [3.8, 4) is 0 Å². The lowest BCUT2D eigenvalue weighted by Crippen LogP contribution is -2.53. The molecule has 0 spiro atoms. The summed E-state index contributed by atoms with van der Waals surface area (Å²) in [4.78, 5) is 27.7. The van der Waals surface area contributed by atoms with Crippen LogP contribution in [-0.2, 0) is 21.9 Å². The molecule has 0 aliphatic carbocycles. The Kier molecular flexibility index (Phi) is 9.38. The third-order valence-corrected chi connectivity index (χ3v) is 5.80. The summed E-state index contributed by atoms with van der Waals surface area (Å²) >= 11 is 7.44. The van der Waals surface area contributed by atoms with Crippen molar-refractivity contribution in [2.75, 3.05) is 5.75 Å². The molecule has 0 radical (unpaired) electrons. The topological polar surface area (TPSA) is 49.4 Å². The number of thioether (sulfide) groups is 1. The van der Waals surface area contributed by atoms with Gasteiger partial charge in [-0.15, -0.1) is 11.8 Å². The van der Waals surface area contributed by atoms with Gasteiger partial charge in [0.2, 0.25) is 11.8 Å². The van der Waals surface area contributed by atoms with E-state index >= 15 is 0 Å². The summed E-state index contributed by atoms with van der Waals surface area (Å²) in [5, 5.41) is 3.61. The molecule has 1 unspecified atom stereocenters. The van der Waals surface area contributed by atoms with Crippen LogP contribution in [0.1, 0.15) is 45.2 Å². The molecule has 2 aromatic rings. The third kappa shape index (κ3) is 8.54. The lowest BCUT2D eigenvalue weighted by Gasteiger charge is -2.33. The van der Waals surface area contributed by atoms with Gasteiger partial charge in [-0.25, -0.2) is 4.39 Å². The number of halogens is 2. The lowest BCUT2D eigenvalue weighted by atomic mass is 10.1. The summed E-state index contributed by atoms with van der Waals surface area (Å²) in [6, 6.07) is 13.0. The van der Waals surface area contributed by atoms with Crippen LogP contribution in [0.5, 0.6) is 0 Å². The van der Waals surface area contributed by atoms with Gasteiger partial charge in [-0.2, -0.15) is 0 Å². The molecule has 168 valence electrons. The van der Waals surface area contributed by atoms with Crippen LogP contribution in [0.25, 0.3) is 0 Å². The molecule has 0 saturated carbocycles. The molecule has 0 saturated heterocycles. The molecule has 1 N–H and O–H groups in total. The molecule has 1 atom stereocenters. The van der Waals surface area contributed by atoms with E-state index in [1.165, 1.54) is 23.9 Å². The summed E-state index contributed by atoms with van der Waals surface area (Å²) in [6.45, 7) is 7.98. The highest BCUT2D eigenvalue weighted by molar-refractivity contribution is 7.99. The van der Waals surface area contributed by atoms with Crippen LogP contribution in [0.3, 0.4) is 0 Å². The molecule has 0 heterocycles.